The highest BCUT2D eigenvalue weighted by Crippen LogP contribution is 2.48. The Balaban J connectivity index is 1.87. The van der Waals surface area contributed by atoms with Crippen LogP contribution in [0, 0.1) is 0 Å². The van der Waals surface area contributed by atoms with Gasteiger partial charge in [-0.2, -0.15) is 0 Å². The minimum absolute atomic E-state index is 0.218. The van der Waals surface area contributed by atoms with Crippen molar-refractivity contribution >= 4 is 43.4 Å². The van der Waals surface area contributed by atoms with E-state index in [-0.39, 0.29) is 10.8 Å². The summed E-state index contributed by atoms with van der Waals surface area (Å²) < 4.78 is 0. The first kappa shape index (κ1) is 17.1. The molecule has 1 heteroatoms. The highest BCUT2D eigenvalue weighted by atomic mass is 14.7. The maximum absolute atomic E-state index is 3.83. The van der Waals surface area contributed by atoms with Crippen molar-refractivity contribution in [3.05, 3.63) is 71.8 Å². The maximum Gasteiger partial charge on any atom is 0.0551 e. The van der Waals surface area contributed by atoms with Crippen LogP contribution in [0.2, 0.25) is 0 Å². The molecule has 29 heavy (non-hydrogen) atoms. The van der Waals surface area contributed by atoms with Gasteiger partial charge in [-0.25, -0.2) is 0 Å². The average Bonchev–Trinajstić information content (AvgIpc) is 3.10. The summed E-state index contributed by atoms with van der Waals surface area (Å²) in [6.45, 7) is 9.63. The molecule has 0 bridgehead atoms. The van der Waals surface area contributed by atoms with Crippen LogP contribution in [0.25, 0.3) is 43.4 Å². The number of aromatic amines is 1. The molecule has 0 atom stereocenters. The second-order valence-corrected chi connectivity index (χ2v) is 10.2. The fraction of sp³-hybridized carbons (Fsp3) is 0.286. The molecule has 0 fully saturated rings. The Hall–Kier alpha value is -2.80. The van der Waals surface area contributed by atoms with Gasteiger partial charge < -0.3 is 4.98 Å². The normalized spacial score (nSPS) is 17.9. The fourth-order valence-electron chi connectivity index (χ4n) is 5.61. The number of benzene rings is 4. The van der Waals surface area contributed by atoms with Gasteiger partial charge in [-0.15, -0.1) is 0 Å². The molecule has 0 spiro atoms. The lowest BCUT2D eigenvalue weighted by Gasteiger charge is -2.41. The van der Waals surface area contributed by atoms with Gasteiger partial charge in [-0.3, -0.25) is 0 Å². The first-order chi connectivity index (χ1) is 13.9. The quantitative estimate of drug-likeness (QED) is 0.263. The van der Waals surface area contributed by atoms with Gasteiger partial charge in [0.05, 0.1) is 5.52 Å². The van der Waals surface area contributed by atoms with Crippen molar-refractivity contribution in [1.82, 2.24) is 4.98 Å². The first-order valence-corrected chi connectivity index (χ1v) is 10.8. The molecule has 6 rings (SSSR count). The molecule has 0 radical (unpaired) electrons. The van der Waals surface area contributed by atoms with Crippen molar-refractivity contribution in [3.8, 4) is 0 Å². The van der Waals surface area contributed by atoms with E-state index in [0.717, 1.165) is 0 Å². The predicted molar refractivity (Wildman–Crippen MR) is 126 cm³/mol. The van der Waals surface area contributed by atoms with Crippen LogP contribution in [0.5, 0.6) is 0 Å². The van der Waals surface area contributed by atoms with E-state index in [4.69, 9.17) is 0 Å². The summed E-state index contributed by atoms with van der Waals surface area (Å²) in [6, 6.07) is 22.6. The lowest BCUT2D eigenvalue weighted by Crippen LogP contribution is -2.33. The Bertz CT molecular complexity index is 1450. The average molecular weight is 378 g/mol. The SMILES string of the molecule is CC1(C)CCC(C)(C)c2cc3c(cc21)[nH]c1c2ccccc2c2ccccc2c31. The van der Waals surface area contributed by atoms with Gasteiger partial charge in [0.2, 0.25) is 0 Å². The largest absolute Gasteiger partial charge is 0.354 e. The lowest BCUT2D eigenvalue weighted by atomic mass is 9.63. The molecule has 0 saturated carbocycles. The van der Waals surface area contributed by atoms with Crippen molar-refractivity contribution in [2.75, 3.05) is 0 Å². The van der Waals surface area contributed by atoms with Gasteiger partial charge in [0.25, 0.3) is 0 Å². The number of rotatable bonds is 0. The smallest absolute Gasteiger partial charge is 0.0551 e. The van der Waals surface area contributed by atoms with E-state index in [1.54, 1.807) is 0 Å². The molecule has 0 aliphatic heterocycles. The molecule has 0 amide bonds. The van der Waals surface area contributed by atoms with Crippen molar-refractivity contribution in [2.24, 2.45) is 0 Å². The molecular weight excluding hydrogens is 350 g/mol. The summed E-state index contributed by atoms with van der Waals surface area (Å²) in [7, 11) is 0. The molecule has 1 N–H and O–H groups in total. The zero-order chi connectivity index (χ0) is 20.0. The number of H-pyrrole nitrogens is 1. The topological polar surface area (TPSA) is 15.8 Å². The van der Waals surface area contributed by atoms with E-state index in [9.17, 15) is 0 Å². The Labute approximate surface area is 171 Å². The van der Waals surface area contributed by atoms with Crippen molar-refractivity contribution < 1.29 is 0 Å². The third-order valence-corrected chi connectivity index (χ3v) is 7.45. The summed E-state index contributed by atoms with van der Waals surface area (Å²) >= 11 is 0. The second-order valence-electron chi connectivity index (χ2n) is 10.2. The zero-order valence-electron chi connectivity index (χ0n) is 17.7. The molecule has 144 valence electrons. The number of hydrogen-bond donors (Lipinski definition) is 1. The van der Waals surface area contributed by atoms with Crippen LogP contribution < -0.4 is 0 Å². The molecule has 4 aromatic carbocycles. The number of hydrogen-bond acceptors (Lipinski definition) is 0. The molecular formula is C28H27N. The van der Waals surface area contributed by atoms with Crippen LogP contribution >= 0.6 is 0 Å². The highest BCUT2D eigenvalue weighted by Gasteiger charge is 2.37. The van der Waals surface area contributed by atoms with Crippen LogP contribution in [0.3, 0.4) is 0 Å². The first-order valence-electron chi connectivity index (χ1n) is 10.8. The molecule has 1 heterocycles. The number of nitrogens with one attached hydrogen (secondary N) is 1. The van der Waals surface area contributed by atoms with Crippen LogP contribution in [0.15, 0.2) is 60.7 Å². The van der Waals surface area contributed by atoms with Gasteiger partial charge in [-0.05, 0) is 63.1 Å². The van der Waals surface area contributed by atoms with Gasteiger partial charge in [0, 0.05) is 21.7 Å². The van der Waals surface area contributed by atoms with E-state index in [1.807, 2.05) is 0 Å². The second kappa shape index (κ2) is 5.42. The number of aromatic nitrogens is 1. The molecule has 1 aromatic heterocycles. The Morgan fingerprint density at radius 3 is 1.79 bits per heavy atom. The van der Waals surface area contributed by atoms with Gasteiger partial charge >= 0.3 is 0 Å². The van der Waals surface area contributed by atoms with Crippen molar-refractivity contribution in [3.63, 3.8) is 0 Å². The fourth-order valence-corrected chi connectivity index (χ4v) is 5.61. The third-order valence-electron chi connectivity index (χ3n) is 7.45. The lowest BCUT2D eigenvalue weighted by molar-refractivity contribution is 0.332. The molecule has 1 aliphatic rings. The maximum atomic E-state index is 3.83. The summed E-state index contributed by atoms with van der Waals surface area (Å²) in [4.78, 5) is 3.83. The third kappa shape index (κ3) is 2.22. The van der Waals surface area contributed by atoms with Crippen molar-refractivity contribution in [1.29, 1.82) is 0 Å². The van der Waals surface area contributed by atoms with Crippen LogP contribution in [-0.4, -0.2) is 4.98 Å². The Morgan fingerprint density at radius 2 is 1.14 bits per heavy atom. The Kier molecular flexibility index (Phi) is 3.19. The summed E-state index contributed by atoms with van der Waals surface area (Å²) in [5.41, 5.74) is 6.02. The summed E-state index contributed by atoms with van der Waals surface area (Å²) in [5, 5.41) is 8.07. The molecule has 0 saturated heterocycles. The summed E-state index contributed by atoms with van der Waals surface area (Å²) in [6.07, 6.45) is 2.48. The minimum Gasteiger partial charge on any atom is -0.354 e. The molecule has 1 aliphatic carbocycles. The monoisotopic (exact) mass is 377 g/mol. The zero-order valence-corrected chi connectivity index (χ0v) is 17.7. The molecule has 1 nitrogen and oxygen atoms in total. The van der Waals surface area contributed by atoms with E-state index in [2.05, 4.69) is 93.3 Å². The van der Waals surface area contributed by atoms with Crippen LogP contribution in [-0.2, 0) is 10.8 Å². The Morgan fingerprint density at radius 1 is 0.621 bits per heavy atom. The predicted octanol–water partition coefficient (Wildman–Crippen LogP) is 7.98. The van der Waals surface area contributed by atoms with Crippen LogP contribution in [0.4, 0.5) is 0 Å². The molecule has 5 aromatic rings. The number of fused-ring (bicyclic) bond motifs is 9. The van der Waals surface area contributed by atoms with Gasteiger partial charge in [0.15, 0.2) is 0 Å². The molecule has 0 unspecified atom stereocenters. The summed E-state index contributed by atoms with van der Waals surface area (Å²) in [5.74, 6) is 0. The van der Waals surface area contributed by atoms with E-state index >= 15 is 0 Å². The standard InChI is InChI=1S/C28H27N/c1-27(2)13-14-28(3,4)23-16-24-21(15-22(23)27)25-19-11-7-5-9-17(19)18-10-6-8-12-20(18)26(25)29-24/h5-12,15-16,29H,13-14H2,1-4H3. The van der Waals surface area contributed by atoms with Crippen LogP contribution in [0.1, 0.15) is 51.7 Å². The van der Waals surface area contributed by atoms with E-state index < -0.39 is 0 Å². The van der Waals surface area contributed by atoms with E-state index in [0.29, 0.717) is 0 Å². The van der Waals surface area contributed by atoms with Gasteiger partial charge in [-0.1, -0.05) is 76.2 Å². The van der Waals surface area contributed by atoms with Crippen molar-refractivity contribution in [2.45, 2.75) is 51.4 Å². The van der Waals surface area contributed by atoms with Gasteiger partial charge in [0.1, 0.15) is 0 Å². The minimum atomic E-state index is 0.218. The van der Waals surface area contributed by atoms with E-state index in [1.165, 1.54) is 67.3 Å². The highest BCUT2D eigenvalue weighted by molar-refractivity contribution is 6.31.